The number of benzene rings is 1. The number of piperazine rings is 1. The van der Waals surface area contributed by atoms with E-state index in [9.17, 15) is 18.0 Å². The third-order valence-corrected chi connectivity index (χ3v) is 8.39. The number of carbonyl (C=O) groups excluding carboxylic acids is 2. The summed E-state index contributed by atoms with van der Waals surface area (Å²) in [6.45, 7) is 2.76. The van der Waals surface area contributed by atoms with Crippen LogP contribution in [-0.2, 0) is 19.6 Å². The smallest absolute Gasteiger partial charge is 0.243 e. The van der Waals surface area contributed by atoms with Crippen LogP contribution in [-0.4, -0.2) is 80.2 Å². The molecule has 8 nitrogen and oxygen atoms in total. The van der Waals surface area contributed by atoms with Crippen molar-refractivity contribution in [2.24, 2.45) is 5.92 Å². The molecule has 1 unspecified atom stereocenters. The van der Waals surface area contributed by atoms with Crippen LogP contribution in [0.15, 0.2) is 29.2 Å². The SMILES string of the molecule is CN1CCN(S(=O)(=O)c2cccc(NC(=O)C3CC(=O)N(C4CCCC4)C3)c2)CC1. The Balaban J connectivity index is 1.42. The molecule has 30 heavy (non-hydrogen) atoms. The number of nitrogens with one attached hydrogen (secondary N) is 1. The van der Waals surface area contributed by atoms with Crippen molar-refractivity contribution in [3.05, 3.63) is 24.3 Å². The number of rotatable bonds is 5. The number of hydrogen-bond donors (Lipinski definition) is 1. The fourth-order valence-electron chi connectivity index (χ4n) is 4.63. The number of likely N-dealkylation sites (N-methyl/N-ethyl adjacent to an activating group) is 1. The first-order chi connectivity index (χ1) is 14.3. The van der Waals surface area contributed by atoms with E-state index in [0.29, 0.717) is 38.4 Å². The van der Waals surface area contributed by atoms with Gasteiger partial charge in [-0.3, -0.25) is 9.59 Å². The summed E-state index contributed by atoms with van der Waals surface area (Å²) in [6, 6.07) is 6.67. The average molecular weight is 435 g/mol. The largest absolute Gasteiger partial charge is 0.339 e. The van der Waals surface area contributed by atoms with E-state index in [1.165, 1.54) is 10.4 Å². The second-order valence-corrected chi connectivity index (χ2v) is 10.5. The van der Waals surface area contributed by atoms with E-state index in [4.69, 9.17) is 0 Å². The fraction of sp³-hybridized carbons (Fsp3) is 0.619. The molecule has 9 heteroatoms. The Morgan fingerprint density at radius 1 is 1.10 bits per heavy atom. The topological polar surface area (TPSA) is 90.0 Å². The Morgan fingerprint density at radius 3 is 2.50 bits per heavy atom. The van der Waals surface area contributed by atoms with Gasteiger partial charge in [0.2, 0.25) is 21.8 Å². The van der Waals surface area contributed by atoms with Crippen LogP contribution in [0.1, 0.15) is 32.1 Å². The van der Waals surface area contributed by atoms with Crippen LogP contribution in [0.4, 0.5) is 5.69 Å². The summed E-state index contributed by atoms with van der Waals surface area (Å²) in [6.07, 6.45) is 4.54. The van der Waals surface area contributed by atoms with Gasteiger partial charge in [-0.2, -0.15) is 4.31 Å². The van der Waals surface area contributed by atoms with Crippen LogP contribution in [0.3, 0.4) is 0 Å². The van der Waals surface area contributed by atoms with Crippen LogP contribution >= 0.6 is 0 Å². The highest BCUT2D eigenvalue weighted by molar-refractivity contribution is 7.89. The Bertz CT molecular complexity index is 905. The molecule has 1 atom stereocenters. The number of hydrogen-bond acceptors (Lipinski definition) is 5. The van der Waals surface area contributed by atoms with Crippen LogP contribution in [0.5, 0.6) is 0 Å². The predicted octanol–water partition coefficient (Wildman–Crippen LogP) is 1.35. The van der Waals surface area contributed by atoms with Gasteiger partial charge in [0, 0.05) is 50.9 Å². The summed E-state index contributed by atoms with van der Waals surface area (Å²) in [4.78, 5) is 29.3. The fourth-order valence-corrected chi connectivity index (χ4v) is 6.10. The van der Waals surface area contributed by atoms with Gasteiger partial charge in [-0.1, -0.05) is 18.9 Å². The normalized spacial score (nSPS) is 24.5. The summed E-state index contributed by atoms with van der Waals surface area (Å²) in [7, 11) is -1.62. The van der Waals surface area contributed by atoms with E-state index in [1.54, 1.807) is 18.2 Å². The Kier molecular flexibility index (Phi) is 6.13. The van der Waals surface area contributed by atoms with Gasteiger partial charge < -0.3 is 15.1 Å². The lowest BCUT2D eigenvalue weighted by molar-refractivity contribution is -0.129. The monoisotopic (exact) mass is 434 g/mol. The zero-order valence-electron chi connectivity index (χ0n) is 17.4. The Morgan fingerprint density at radius 2 is 1.80 bits per heavy atom. The molecule has 1 aliphatic carbocycles. The first-order valence-corrected chi connectivity index (χ1v) is 12.2. The second-order valence-electron chi connectivity index (χ2n) is 8.61. The van der Waals surface area contributed by atoms with Crippen LogP contribution in [0, 0.1) is 5.92 Å². The number of anilines is 1. The second kappa shape index (κ2) is 8.64. The number of carbonyl (C=O) groups is 2. The minimum absolute atomic E-state index is 0.0495. The molecule has 164 valence electrons. The maximum absolute atomic E-state index is 13.0. The number of nitrogens with zero attached hydrogens (tertiary/aromatic N) is 3. The number of amides is 2. The van der Waals surface area contributed by atoms with Gasteiger partial charge in [0.15, 0.2) is 0 Å². The standard InChI is InChI=1S/C21H30N4O4S/c1-23-9-11-24(12-10-23)30(28,29)19-8-4-5-17(14-19)22-21(27)16-13-20(26)25(15-16)18-6-2-3-7-18/h4-5,8,14,16,18H,2-3,6-7,9-13,15H2,1H3,(H,22,27). The summed E-state index contributed by atoms with van der Waals surface area (Å²) in [5.74, 6) is -0.567. The summed E-state index contributed by atoms with van der Waals surface area (Å²) in [5, 5.41) is 2.83. The first-order valence-electron chi connectivity index (χ1n) is 10.7. The maximum Gasteiger partial charge on any atom is 0.243 e. The van der Waals surface area contributed by atoms with Crippen molar-refractivity contribution in [3.8, 4) is 0 Å². The zero-order chi connectivity index (χ0) is 21.3. The van der Waals surface area contributed by atoms with Gasteiger partial charge in [-0.15, -0.1) is 0 Å². The minimum Gasteiger partial charge on any atom is -0.339 e. The summed E-state index contributed by atoms with van der Waals surface area (Å²) < 4.78 is 27.4. The lowest BCUT2D eigenvalue weighted by Crippen LogP contribution is -2.47. The molecule has 4 rings (SSSR count). The van der Waals surface area contributed by atoms with Gasteiger partial charge >= 0.3 is 0 Å². The average Bonchev–Trinajstić information content (AvgIpc) is 3.38. The molecule has 2 amide bonds. The molecule has 3 fully saturated rings. The van der Waals surface area contributed by atoms with E-state index < -0.39 is 15.9 Å². The minimum atomic E-state index is -3.60. The van der Waals surface area contributed by atoms with E-state index in [0.717, 1.165) is 25.7 Å². The molecule has 0 spiro atoms. The van der Waals surface area contributed by atoms with Crippen molar-refractivity contribution in [3.63, 3.8) is 0 Å². The summed E-state index contributed by atoms with van der Waals surface area (Å²) in [5.41, 5.74) is 0.446. The molecule has 0 bridgehead atoms. The highest BCUT2D eigenvalue weighted by Gasteiger charge is 2.38. The quantitative estimate of drug-likeness (QED) is 0.756. The molecule has 2 saturated heterocycles. The van der Waals surface area contributed by atoms with Crippen molar-refractivity contribution in [1.82, 2.24) is 14.1 Å². The lowest BCUT2D eigenvalue weighted by Gasteiger charge is -2.31. The molecule has 1 saturated carbocycles. The molecule has 0 radical (unpaired) electrons. The molecule has 0 aromatic heterocycles. The molecular formula is C21H30N4O4S. The van der Waals surface area contributed by atoms with Gasteiger partial charge in [0.05, 0.1) is 10.8 Å². The Hall–Kier alpha value is -1.97. The van der Waals surface area contributed by atoms with Crippen molar-refractivity contribution >= 4 is 27.5 Å². The van der Waals surface area contributed by atoms with Crippen molar-refractivity contribution in [1.29, 1.82) is 0 Å². The molecule has 1 aromatic rings. The molecule has 2 aliphatic heterocycles. The Labute approximate surface area is 178 Å². The lowest BCUT2D eigenvalue weighted by atomic mass is 10.1. The van der Waals surface area contributed by atoms with Crippen molar-refractivity contribution < 1.29 is 18.0 Å². The molecule has 1 aromatic carbocycles. The van der Waals surface area contributed by atoms with Crippen molar-refractivity contribution in [2.75, 3.05) is 45.1 Å². The predicted molar refractivity (Wildman–Crippen MR) is 113 cm³/mol. The van der Waals surface area contributed by atoms with Crippen molar-refractivity contribution in [2.45, 2.75) is 43.0 Å². The van der Waals surface area contributed by atoms with Crippen LogP contribution in [0.25, 0.3) is 0 Å². The highest BCUT2D eigenvalue weighted by Crippen LogP contribution is 2.30. The van der Waals surface area contributed by atoms with E-state index in [-0.39, 0.29) is 29.2 Å². The van der Waals surface area contributed by atoms with E-state index in [2.05, 4.69) is 10.2 Å². The zero-order valence-corrected chi connectivity index (χ0v) is 18.2. The van der Waals surface area contributed by atoms with Crippen LogP contribution < -0.4 is 5.32 Å². The summed E-state index contributed by atoms with van der Waals surface area (Å²) >= 11 is 0. The maximum atomic E-state index is 13.0. The highest BCUT2D eigenvalue weighted by atomic mass is 32.2. The van der Waals surface area contributed by atoms with Gasteiger partial charge in [0.25, 0.3) is 0 Å². The molecule has 1 N–H and O–H groups in total. The third-order valence-electron chi connectivity index (χ3n) is 6.50. The molecule has 2 heterocycles. The van der Waals surface area contributed by atoms with Gasteiger partial charge in [-0.05, 0) is 38.1 Å². The number of sulfonamides is 1. The van der Waals surface area contributed by atoms with Gasteiger partial charge in [-0.25, -0.2) is 8.42 Å². The molecule has 3 aliphatic rings. The van der Waals surface area contributed by atoms with E-state index >= 15 is 0 Å². The van der Waals surface area contributed by atoms with E-state index in [1.807, 2.05) is 11.9 Å². The van der Waals surface area contributed by atoms with Gasteiger partial charge in [0.1, 0.15) is 0 Å². The van der Waals surface area contributed by atoms with Crippen LogP contribution in [0.2, 0.25) is 0 Å². The first kappa shape index (κ1) is 21.3. The third kappa shape index (κ3) is 4.38. The number of likely N-dealkylation sites (tertiary alicyclic amines) is 1. The molecular weight excluding hydrogens is 404 g/mol.